The summed E-state index contributed by atoms with van der Waals surface area (Å²) in [6.45, 7) is 4.71. The van der Waals surface area contributed by atoms with Gasteiger partial charge in [0, 0.05) is 55.2 Å². The van der Waals surface area contributed by atoms with Crippen LogP contribution in [0, 0.1) is 33.7 Å². The van der Waals surface area contributed by atoms with Gasteiger partial charge in [-0.1, -0.05) is 90.8 Å². The second-order valence-electron chi connectivity index (χ2n) is 18.9. The molecule has 2 N–H and O–H groups in total. The Balaban J connectivity index is 1.25. The molecule has 2 aliphatic carbocycles. The highest BCUT2D eigenvalue weighted by Gasteiger charge is 2.66. The summed E-state index contributed by atoms with van der Waals surface area (Å²) in [6.07, 6.45) is 9.24. The first-order valence-electron chi connectivity index (χ1n) is 25.1. The molecule has 7 unspecified atom stereocenters. The number of unbranched alkanes of at least 4 members (excludes halogenated alkanes) is 2. The molecule has 0 spiro atoms. The molecule has 0 bridgehead atoms. The zero-order valence-corrected chi connectivity index (χ0v) is 40.3. The zero-order chi connectivity index (χ0) is 50.0. The fourth-order valence-electron chi connectivity index (χ4n) is 11.1. The first kappa shape index (κ1) is 50.3. The monoisotopic (exact) mass is 983 g/mol. The van der Waals surface area contributed by atoms with Crippen LogP contribution in [0.3, 0.4) is 0 Å². The number of nitrogens with zero attached hydrogens (tertiary/aromatic N) is 3. The number of hydrogen-bond donors (Lipinski definition) is 2. The maximum absolute atomic E-state index is 15.4. The number of non-ortho nitro benzene ring substituents is 1. The van der Waals surface area contributed by atoms with Gasteiger partial charge >= 0.3 is 6.09 Å². The number of allylic oxidation sites excluding steroid dienone is 1. The molecule has 2 aliphatic heterocycles. The maximum atomic E-state index is 15.4. The van der Waals surface area contributed by atoms with E-state index in [0.29, 0.717) is 61.5 Å². The van der Waals surface area contributed by atoms with Crippen molar-refractivity contribution in [1.29, 1.82) is 0 Å². The van der Waals surface area contributed by atoms with Crippen LogP contribution in [0.25, 0.3) is 10.8 Å². The van der Waals surface area contributed by atoms with Crippen LogP contribution < -0.4 is 14.2 Å². The molecule has 2 heterocycles. The molecule has 5 aromatic rings. The lowest BCUT2D eigenvalue weighted by Crippen LogP contribution is -2.70. The number of halogens is 1. The molecule has 72 heavy (non-hydrogen) atoms. The molecule has 1 amide bonds. The van der Waals surface area contributed by atoms with Crippen molar-refractivity contribution < 1.29 is 52.8 Å². The van der Waals surface area contributed by atoms with Crippen LogP contribution in [-0.2, 0) is 27.5 Å². The van der Waals surface area contributed by atoms with E-state index in [2.05, 4.69) is 12.7 Å². The van der Waals surface area contributed by atoms with Crippen LogP contribution >= 0.6 is 0 Å². The van der Waals surface area contributed by atoms with E-state index in [-0.39, 0.29) is 74.4 Å². The standard InChI is InChI=1S/C57H62FN3O11/c1-2-31-69-57-52(60(36-40-18-13-17-38-14-3-5-19-45(38)40)56(64)70-43-25-23-42(24-26-43)61(65)66)35-50(59-72-53-22-9-12-32-67-53)47-33-39(15-7-10-29-62)46(20-8-11-30-63)54(55(47)57)48-34-44(27-28-51(48)71-57)68-37-41-16-4-6-21-49(41)58/h2-6,13-14,16-19,21,23-28,33-34,39,46,52-55,62-63H,1,7-12,15,20,22,29-32,35-37H2. The number of nitro groups is 1. The van der Waals surface area contributed by atoms with Crippen LogP contribution in [0.15, 0.2) is 139 Å². The Bertz CT molecular complexity index is 2760. The number of aliphatic hydroxyl groups is 2. The Morgan fingerprint density at radius 3 is 2.43 bits per heavy atom. The highest BCUT2D eigenvalue weighted by molar-refractivity contribution is 6.03. The van der Waals surface area contributed by atoms with E-state index in [0.717, 1.165) is 53.2 Å². The van der Waals surface area contributed by atoms with E-state index < -0.39 is 35.1 Å². The Labute approximate surface area is 418 Å². The number of carbonyl (C=O) groups is 1. The van der Waals surface area contributed by atoms with Crippen molar-refractivity contribution in [3.63, 3.8) is 0 Å². The number of nitro benzene ring substituents is 1. The fraction of sp³-hybridized carbons (Fsp3) is 0.404. The van der Waals surface area contributed by atoms with E-state index in [9.17, 15) is 24.7 Å². The molecule has 5 aromatic carbocycles. The van der Waals surface area contributed by atoms with Crippen LogP contribution in [0.4, 0.5) is 14.9 Å². The van der Waals surface area contributed by atoms with Gasteiger partial charge in [-0.05, 0) is 109 Å². The summed E-state index contributed by atoms with van der Waals surface area (Å²) in [4.78, 5) is 34.5. The summed E-state index contributed by atoms with van der Waals surface area (Å²) >= 11 is 0. The van der Waals surface area contributed by atoms with Crippen LogP contribution in [0.1, 0.15) is 86.8 Å². The van der Waals surface area contributed by atoms with Gasteiger partial charge in [0.1, 0.15) is 35.7 Å². The van der Waals surface area contributed by atoms with Gasteiger partial charge in [-0.2, -0.15) is 0 Å². The van der Waals surface area contributed by atoms with Crippen molar-refractivity contribution in [2.45, 2.75) is 101 Å². The minimum atomic E-state index is -1.64. The number of amides is 1. The molecule has 9 rings (SSSR count). The highest BCUT2D eigenvalue weighted by Crippen LogP contribution is 2.62. The molecule has 378 valence electrons. The summed E-state index contributed by atoms with van der Waals surface area (Å²) in [7, 11) is 0. The minimum absolute atomic E-state index is 0.0128. The lowest BCUT2D eigenvalue weighted by atomic mass is 9.55. The third-order valence-corrected chi connectivity index (χ3v) is 14.5. The van der Waals surface area contributed by atoms with Crippen molar-refractivity contribution >= 4 is 28.3 Å². The highest BCUT2D eigenvalue weighted by atomic mass is 19.1. The van der Waals surface area contributed by atoms with E-state index in [1.807, 2.05) is 54.6 Å². The second kappa shape index (κ2) is 23.3. The third kappa shape index (κ3) is 10.9. The van der Waals surface area contributed by atoms with Crippen molar-refractivity contribution in [2.75, 3.05) is 26.4 Å². The van der Waals surface area contributed by atoms with Gasteiger partial charge in [0.05, 0.1) is 36.3 Å². The van der Waals surface area contributed by atoms with Gasteiger partial charge in [0.15, 0.2) is 0 Å². The molecule has 0 aromatic heterocycles. The van der Waals surface area contributed by atoms with Crippen molar-refractivity contribution in [1.82, 2.24) is 4.90 Å². The number of ether oxygens (including phenoxy) is 5. The number of oxime groups is 1. The van der Waals surface area contributed by atoms with Crippen LogP contribution in [0.5, 0.6) is 17.2 Å². The molecule has 7 atom stereocenters. The first-order valence-corrected chi connectivity index (χ1v) is 25.1. The molecule has 4 aliphatic rings. The Morgan fingerprint density at radius 2 is 1.67 bits per heavy atom. The summed E-state index contributed by atoms with van der Waals surface area (Å²) in [6, 6.07) is 30.3. The van der Waals surface area contributed by atoms with Gasteiger partial charge in [0.25, 0.3) is 5.69 Å². The SMILES string of the molecule is C=CCOC12Oc3ccc(OCc4ccccc4F)cc3C3C(CCCCO)C(CCCCO)C=C(C(=NOC4CCCCO4)CC1N(Cc1cccc4ccccc14)C(=O)Oc1ccc([N+](=O)[O-])cc1)C32. The minimum Gasteiger partial charge on any atom is -0.489 e. The number of hydrogen-bond acceptors (Lipinski definition) is 12. The van der Waals surface area contributed by atoms with Gasteiger partial charge in [-0.3, -0.25) is 15.0 Å². The van der Waals surface area contributed by atoms with Gasteiger partial charge in [-0.15, -0.1) is 6.58 Å². The lowest BCUT2D eigenvalue weighted by Gasteiger charge is -2.59. The van der Waals surface area contributed by atoms with E-state index >= 15 is 4.79 Å². The van der Waals surface area contributed by atoms with Crippen LogP contribution in [-0.4, -0.2) is 76.4 Å². The summed E-state index contributed by atoms with van der Waals surface area (Å²) < 4.78 is 48.2. The quantitative estimate of drug-likeness (QED) is 0.0310. The second-order valence-corrected chi connectivity index (χ2v) is 18.9. The van der Waals surface area contributed by atoms with E-state index in [1.165, 1.54) is 30.3 Å². The molecule has 14 nitrogen and oxygen atoms in total. The number of benzene rings is 5. The molecular formula is C57H62FN3O11. The Hall–Kier alpha value is -6.65. The first-order chi connectivity index (χ1) is 35.2. The predicted octanol–water partition coefficient (Wildman–Crippen LogP) is 11.3. The smallest absolute Gasteiger partial charge is 0.416 e. The van der Waals surface area contributed by atoms with Gasteiger partial charge < -0.3 is 38.7 Å². The Kier molecular flexibility index (Phi) is 16.3. The number of rotatable bonds is 21. The van der Waals surface area contributed by atoms with Gasteiger partial charge in [0.2, 0.25) is 12.1 Å². The summed E-state index contributed by atoms with van der Waals surface area (Å²) in [5.74, 6) is -2.06. The Morgan fingerprint density at radius 1 is 0.917 bits per heavy atom. The predicted molar refractivity (Wildman–Crippen MR) is 269 cm³/mol. The molecule has 1 saturated carbocycles. The third-order valence-electron chi connectivity index (χ3n) is 14.5. The van der Waals surface area contributed by atoms with Crippen LogP contribution in [0.2, 0.25) is 0 Å². The topological polar surface area (TPSA) is 172 Å². The van der Waals surface area contributed by atoms with Crippen molar-refractivity contribution in [3.8, 4) is 17.2 Å². The summed E-state index contributed by atoms with van der Waals surface area (Å²) in [5.41, 5.74) is 3.31. The van der Waals surface area contributed by atoms with Crippen molar-refractivity contribution in [2.24, 2.45) is 22.9 Å². The largest absolute Gasteiger partial charge is 0.489 e. The number of fused-ring (bicyclic) bond motifs is 3. The molecule has 15 heteroatoms. The fourth-order valence-corrected chi connectivity index (χ4v) is 11.1. The maximum Gasteiger partial charge on any atom is 0.416 e. The van der Waals surface area contributed by atoms with E-state index in [1.54, 1.807) is 35.2 Å². The number of aliphatic hydroxyl groups excluding tert-OH is 2. The van der Waals surface area contributed by atoms with E-state index in [4.69, 9.17) is 33.7 Å². The normalized spacial score (nSPS) is 23.8. The average molecular weight is 984 g/mol. The average Bonchev–Trinajstić information content (AvgIpc) is 3.40. The molecule has 1 saturated heterocycles. The molecular weight excluding hydrogens is 922 g/mol. The molecule has 0 radical (unpaired) electrons. The zero-order valence-electron chi connectivity index (χ0n) is 40.3. The molecule has 2 fully saturated rings. The number of carbonyl (C=O) groups excluding carboxylic acids is 1. The lowest BCUT2D eigenvalue weighted by molar-refractivity contribution is -0.384. The van der Waals surface area contributed by atoms with Crippen molar-refractivity contribution in [3.05, 3.63) is 166 Å². The summed E-state index contributed by atoms with van der Waals surface area (Å²) in [5, 5.41) is 38.7. The van der Waals surface area contributed by atoms with Gasteiger partial charge in [-0.25, -0.2) is 9.18 Å².